The van der Waals surface area contributed by atoms with Gasteiger partial charge in [-0.1, -0.05) is 95.9 Å². The molecule has 0 amide bonds. The SMILES string of the molecule is CCC1C2(CC(C)C2C)CC1(CCCC1C(C)C(C(C)C)C1(C)C1(C)CC1(C)C(C)C)C(C)C(C)N(C)C. The van der Waals surface area contributed by atoms with Crippen LogP contribution in [0.4, 0.5) is 0 Å². The van der Waals surface area contributed by atoms with E-state index in [1.807, 2.05) is 0 Å². The molecule has 0 N–H and O–H groups in total. The van der Waals surface area contributed by atoms with E-state index in [0.717, 1.165) is 53.3 Å². The van der Waals surface area contributed by atoms with Crippen molar-refractivity contribution in [3.05, 3.63) is 0 Å². The summed E-state index contributed by atoms with van der Waals surface area (Å²) in [6.07, 6.45) is 10.2. The highest BCUT2D eigenvalue weighted by Gasteiger charge is 2.77. The Balaban J connectivity index is 1.55. The van der Waals surface area contributed by atoms with Crippen molar-refractivity contribution in [1.82, 2.24) is 4.90 Å². The van der Waals surface area contributed by atoms with Gasteiger partial charge in [0.2, 0.25) is 0 Å². The first kappa shape index (κ1) is 30.9. The lowest BCUT2D eigenvalue weighted by atomic mass is 9.30. The van der Waals surface area contributed by atoms with Crippen LogP contribution >= 0.6 is 0 Å². The normalized spacial score (nSPS) is 51.6. The van der Waals surface area contributed by atoms with E-state index in [1.165, 1.54) is 44.9 Å². The summed E-state index contributed by atoms with van der Waals surface area (Å²) in [6, 6.07) is 0.657. The Kier molecular flexibility index (Phi) is 7.94. The molecular formula is C37H69N. The molecule has 4 fully saturated rings. The molecule has 1 spiro atoms. The third-order valence-electron chi connectivity index (χ3n) is 16.2. The first-order valence-electron chi connectivity index (χ1n) is 17.1. The van der Waals surface area contributed by atoms with Crippen molar-refractivity contribution in [3.63, 3.8) is 0 Å². The summed E-state index contributed by atoms with van der Waals surface area (Å²) in [5, 5.41) is 0. The first-order valence-corrected chi connectivity index (χ1v) is 17.1. The Morgan fingerprint density at radius 2 is 1.50 bits per heavy atom. The second-order valence-corrected chi connectivity index (χ2v) is 17.6. The molecule has 1 heteroatoms. The van der Waals surface area contributed by atoms with Crippen molar-refractivity contribution in [2.75, 3.05) is 14.1 Å². The Hall–Kier alpha value is -0.0400. The smallest absolute Gasteiger partial charge is 0.00918 e. The average Bonchev–Trinajstić information content (AvgIpc) is 3.42. The van der Waals surface area contributed by atoms with Crippen molar-refractivity contribution in [2.24, 2.45) is 80.3 Å². The maximum Gasteiger partial charge on any atom is 0.00918 e. The van der Waals surface area contributed by atoms with Gasteiger partial charge in [0.25, 0.3) is 0 Å². The minimum absolute atomic E-state index is 0.498. The third-order valence-corrected chi connectivity index (χ3v) is 16.2. The number of rotatable bonds is 11. The van der Waals surface area contributed by atoms with Gasteiger partial charge in [-0.25, -0.2) is 0 Å². The maximum absolute atomic E-state index is 2.76. The van der Waals surface area contributed by atoms with Gasteiger partial charge < -0.3 is 4.90 Å². The Morgan fingerprint density at radius 3 is 1.92 bits per heavy atom. The van der Waals surface area contributed by atoms with Crippen LogP contribution in [-0.4, -0.2) is 25.0 Å². The first-order chi connectivity index (χ1) is 17.4. The Morgan fingerprint density at radius 1 is 0.895 bits per heavy atom. The van der Waals surface area contributed by atoms with Crippen molar-refractivity contribution < 1.29 is 0 Å². The molecule has 0 aromatic carbocycles. The number of nitrogens with zero attached hydrogens (tertiary/aromatic N) is 1. The van der Waals surface area contributed by atoms with Gasteiger partial charge in [-0.3, -0.25) is 0 Å². The summed E-state index contributed by atoms with van der Waals surface area (Å²) in [5.74, 6) is 7.80. The molecule has 222 valence electrons. The average molecular weight is 528 g/mol. The van der Waals surface area contributed by atoms with E-state index in [9.17, 15) is 0 Å². The predicted molar refractivity (Wildman–Crippen MR) is 167 cm³/mol. The fourth-order valence-corrected chi connectivity index (χ4v) is 13.2. The molecule has 4 rings (SSSR count). The van der Waals surface area contributed by atoms with Gasteiger partial charge in [0.15, 0.2) is 0 Å². The monoisotopic (exact) mass is 528 g/mol. The van der Waals surface area contributed by atoms with Crippen LogP contribution in [0.1, 0.15) is 135 Å². The molecule has 4 aliphatic carbocycles. The van der Waals surface area contributed by atoms with Crippen LogP contribution in [0, 0.1) is 80.3 Å². The third kappa shape index (κ3) is 3.77. The van der Waals surface area contributed by atoms with Gasteiger partial charge in [0.1, 0.15) is 0 Å². The van der Waals surface area contributed by atoms with Crippen LogP contribution in [0.5, 0.6) is 0 Å². The maximum atomic E-state index is 2.76. The summed E-state index contributed by atoms with van der Waals surface area (Å²) >= 11 is 0. The second kappa shape index (κ2) is 9.76. The molecule has 0 radical (unpaired) electrons. The largest absolute Gasteiger partial charge is 0.306 e. The van der Waals surface area contributed by atoms with Crippen LogP contribution in [0.15, 0.2) is 0 Å². The zero-order chi connectivity index (χ0) is 28.8. The highest BCUT2D eigenvalue weighted by Crippen LogP contribution is 2.83. The van der Waals surface area contributed by atoms with E-state index in [4.69, 9.17) is 0 Å². The van der Waals surface area contributed by atoms with Crippen molar-refractivity contribution in [2.45, 2.75) is 141 Å². The summed E-state index contributed by atoms with van der Waals surface area (Å²) in [7, 11) is 4.63. The minimum Gasteiger partial charge on any atom is -0.306 e. The fraction of sp³-hybridized carbons (Fsp3) is 1.00. The molecule has 1 nitrogen and oxygen atoms in total. The van der Waals surface area contributed by atoms with E-state index in [2.05, 4.69) is 109 Å². The molecule has 13 atom stereocenters. The molecule has 4 aliphatic rings. The van der Waals surface area contributed by atoms with E-state index < -0.39 is 0 Å². The van der Waals surface area contributed by atoms with Crippen LogP contribution in [0.25, 0.3) is 0 Å². The molecule has 0 aliphatic heterocycles. The zero-order valence-corrected chi connectivity index (χ0v) is 28.7. The van der Waals surface area contributed by atoms with Gasteiger partial charge in [-0.05, 0) is 133 Å². The van der Waals surface area contributed by atoms with Crippen molar-refractivity contribution >= 4 is 0 Å². The van der Waals surface area contributed by atoms with Gasteiger partial charge in [-0.2, -0.15) is 0 Å². The number of hydrogen-bond donors (Lipinski definition) is 0. The quantitative estimate of drug-likeness (QED) is 0.258. The zero-order valence-electron chi connectivity index (χ0n) is 28.7. The molecule has 0 saturated heterocycles. The second-order valence-electron chi connectivity index (χ2n) is 17.6. The molecule has 0 heterocycles. The van der Waals surface area contributed by atoms with Crippen molar-refractivity contribution in [3.8, 4) is 0 Å². The van der Waals surface area contributed by atoms with E-state index in [-0.39, 0.29) is 0 Å². The number of hydrogen-bond acceptors (Lipinski definition) is 1. The lowest BCUT2D eigenvalue weighted by Crippen LogP contribution is -2.68. The standard InChI is InChI=1S/C37H69N/c1-16-31-36(28(9)29(10)38(14)15,22-37(31)20-25(6)27(37)8)19-17-18-30-26(7)32(23(2)3)35(30,13)34(12)21-33(34,11)24(4)5/h23-32H,16-22H2,1-15H3. The molecule has 13 unspecified atom stereocenters. The molecule has 4 saturated carbocycles. The summed E-state index contributed by atoms with van der Waals surface area (Å²) in [5.41, 5.74) is 2.74. The molecular weight excluding hydrogens is 458 g/mol. The topological polar surface area (TPSA) is 3.24 Å². The minimum atomic E-state index is 0.498. The summed E-state index contributed by atoms with van der Waals surface area (Å²) in [4.78, 5) is 2.51. The van der Waals surface area contributed by atoms with Gasteiger partial charge in [-0.15, -0.1) is 0 Å². The van der Waals surface area contributed by atoms with E-state index >= 15 is 0 Å². The van der Waals surface area contributed by atoms with Gasteiger partial charge >= 0.3 is 0 Å². The molecule has 0 aromatic heterocycles. The molecule has 0 aromatic rings. The predicted octanol–water partition coefficient (Wildman–Crippen LogP) is 10.4. The lowest BCUT2D eigenvalue weighted by Gasteiger charge is -2.75. The molecule has 38 heavy (non-hydrogen) atoms. The summed E-state index contributed by atoms with van der Waals surface area (Å²) in [6.45, 7) is 33.5. The summed E-state index contributed by atoms with van der Waals surface area (Å²) < 4.78 is 0. The van der Waals surface area contributed by atoms with Crippen LogP contribution in [0.2, 0.25) is 0 Å². The highest BCUT2D eigenvalue weighted by atomic mass is 15.1. The van der Waals surface area contributed by atoms with Gasteiger partial charge in [0, 0.05) is 6.04 Å². The van der Waals surface area contributed by atoms with E-state index in [1.54, 1.807) is 0 Å². The lowest BCUT2D eigenvalue weighted by molar-refractivity contribution is -0.261. The van der Waals surface area contributed by atoms with Crippen LogP contribution in [0.3, 0.4) is 0 Å². The Bertz CT molecular complexity index is 859. The van der Waals surface area contributed by atoms with Gasteiger partial charge in [0.05, 0.1) is 0 Å². The van der Waals surface area contributed by atoms with Crippen molar-refractivity contribution in [1.29, 1.82) is 0 Å². The molecule has 0 bridgehead atoms. The highest BCUT2D eigenvalue weighted by molar-refractivity contribution is 5.25. The Labute approximate surface area is 240 Å². The fourth-order valence-electron chi connectivity index (χ4n) is 13.2. The van der Waals surface area contributed by atoms with Crippen LogP contribution in [-0.2, 0) is 0 Å². The van der Waals surface area contributed by atoms with E-state index in [0.29, 0.717) is 33.1 Å². The van der Waals surface area contributed by atoms with Crippen LogP contribution < -0.4 is 0 Å².